The summed E-state index contributed by atoms with van der Waals surface area (Å²) in [5.41, 5.74) is 0.310. The fourth-order valence-corrected chi connectivity index (χ4v) is 1.82. The van der Waals surface area contributed by atoms with Gasteiger partial charge >= 0.3 is 0 Å². The van der Waals surface area contributed by atoms with E-state index in [-0.39, 0.29) is 5.91 Å². The van der Waals surface area contributed by atoms with Gasteiger partial charge in [0.05, 0.1) is 0 Å². The smallest absolute Gasteiger partial charge is 0.275 e. The molecular formula is C14H10N4O. The number of carbonyl (C=O) groups excluding carboxylic acids is 1. The van der Waals surface area contributed by atoms with Crippen molar-refractivity contribution in [1.82, 2.24) is 15.0 Å². The molecule has 0 aliphatic heterocycles. The van der Waals surface area contributed by atoms with Gasteiger partial charge in [0.1, 0.15) is 17.8 Å². The van der Waals surface area contributed by atoms with Crippen LogP contribution in [0.1, 0.15) is 10.5 Å². The third-order valence-electron chi connectivity index (χ3n) is 2.72. The van der Waals surface area contributed by atoms with Gasteiger partial charge in [-0.3, -0.25) is 4.79 Å². The first-order chi connectivity index (χ1) is 9.34. The van der Waals surface area contributed by atoms with E-state index in [1.54, 1.807) is 12.3 Å². The molecule has 0 unspecified atom stereocenters. The van der Waals surface area contributed by atoms with Crippen LogP contribution in [0.15, 0.2) is 55.1 Å². The second-order valence-electron chi connectivity index (χ2n) is 3.93. The Bertz CT molecular complexity index is 722. The molecule has 0 aliphatic rings. The number of nitrogens with zero attached hydrogens (tertiary/aromatic N) is 3. The highest BCUT2D eigenvalue weighted by atomic mass is 16.1. The lowest BCUT2D eigenvalue weighted by Crippen LogP contribution is -2.14. The lowest BCUT2D eigenvalue weighted by atomic mass is 10.1. The zero-order valence-corrected chi connectivity index (χ0v) is 9.95. The maximum Gasteiger partial charge on any atom is 0.275 e. The van der Waals surface area contributed by atoms with Crippen LogP contribution in [0, 0.1) is 0 Å². The SMILES string of the molecule is O=C(Nc1nccc2ccccc12)c1ccncn1. The van der Waals surface area contributed by atoms with Crippen LogP contribution in [0.2, 0.25) is 0 Å². The Morgan fingerprint density at radius 2 is 1.89 bits per heavy atom. The average Bonchev–Trinajstić information content (AvgIpc) is 2.48. The summed E-state index contributed by atoms with van der Waals surface area (Å²) in [4.78, 5) is 23.9. The van der Waals surface area contributed by atoms with Crippen LogP contribution < -0.4 is 5.32 Å². The van der Waals surface area contributed by atoms with Gasteiger partial charge in [0, 0.05) is 17.8 Å². The average molecular weight is 250 g/mol. The number of pyridine rings is 1. The largest absolute Gasteiger partial charge is 0.305 e. The summed E-state index contributed by atoms with van der Waals surface area (Å²) >= 11 is 0. The number of amides is 1. The van der Waals surface area contributed by atoms with E-state index in [0.29, 0.717) is 11.5 Å². The highest BCUT2D eigenvalue weighted by Crippen LogP contribution is 2.20. The number of rotatable bonds is 2. The van der Waals surface area contributed by atoms with Gasteiger partial charge in [-0.2, -0.15) is 0 Å². The van der Waals surface area contributed by atoms with E-state index in [1.165, 1.54) is 12.5 Å². The molecule has 2 aromatic heterocycles. The molecular weight excluding hydrogens is 240 g/mol. The molecule has 0 radical (unpaired) electrons. The number of anilines is 1. The Balaban J connectivity index is 1.96. The molecule has 1 amide bonds. The Morgan fingerprint density at radius 1 is 1.00 bits per heavy atom. The molecule has 92 valence electrons. The minimum Gasteiger partial charge on any atom is -0.305 e. The number of hydrogen-bond donors (Lipinski definition) is 1. The summed E-state index contributed by atoms with van der Waals surface area (Å²) in [6, 6.07) is 11.2. The molecule has 5 nitrogen and oxygen atoms in total. The lowest BCUT2D eigenvalue weighted by Gasteiger charge is -2.06. The van der Waals surface area contributed by atoms with Crippen molar-refractivity contribution in [2.24, 2.45) is 0 Å². The molecule has 3 aromatic rings. The summed E-state index contributed by atoms with van der Waals surface area (Å²) in [6.45, 7) is 0. The molecule has 0 atom stereocenters. The van der Waals surface area contributed by atoms with Crippen LogP contribution >= 0.6 is 0 Å². The molecule has 2 heterocycles. The summed E-state index contributed by atoms with van der Waals surface area (Å²) < 4.78 is 0. The summed E-state index contributed by atoms with van der Waals surface area (Å²) in [7, 11) is 0. The second kappa shape index (κ2) is 4.81. The summed E-state index contributed by atoms with van der Waals surface area (Å²) in [5, 5.41) is 4.68. The zero-order valence-electron chi connectivity index (χ0n) is 9.95. The lowest BCUT2D eigenvalue weighted by molar-refractivity contribution is 0.102. The highest BCUT2D eigenvalue weighted by Gasteiger charge is 2.09. The number of nitrogens with one attached hydrogen (secondary N) is 1. The van der Waals surface area contributed by atoms with Crippen molar-refractivity contribution in [2.45, 2.75) is 0 Å². The quantitative estimate of drug-likeness (QED) is 0.757. The van der Waals surface area contributed by atoms with Gasteiger partial charge in [-0.15, -0.1) is 0 Å². The Hall–Kier alpha value is -2.82. The van der Waals surface area contributed by atoms with Crippen molar-refractivity contribution >= 4 is 22.5 Å². The third-order valence-corrected chi connectivity index (χ3v) is 2.72. The van der Waals surface area contributed by atoms with Crippen molar-refractivity contribution < 1.29 is 4.79 Å². The summed E-state index contributed by atoms with van der Waals surface area (Å²) in [5.74, 6) is 0.230. The molecule has 0 bridgehead atoms. The van der Waals surface area contributed by atoms with E-state index >= 15 is 0 Å². The number of benzene rings is 1. The maximum atomic E-state index is 12.0. The minimum absolute atomic E-state index is 0.300. The predicted molar refractivity (Wildman–Crippen MR) is 71.7 cm³/mol. The molecule has 0 spiro atoms. The van der Waals surface area contributed by atoms with Crippen LogP contribution in [0.5, 0.6) is 0 Å². The third kappa shape index (κ3) is 2.26. The number of aromatic nitrogens is 3. The van der Waals surface area contributed by atoms with E-state index in [1.807, 2.05) is 30.3 Å². The van der Waals surface area contributed by atoms with Crippen LogP contribution in [0.25, 0.3) is 10.8 Å². The number of hydrogen-bond acceptors (Lipinski definition) is 4. The minimum atomic E-state index is -0.300. The molecule has 3 rings (SSSR count). The molecule has 5 heteroatoms. The van der Waals surface area contributed by atoms with Gasteiger partial charge in [-0.25, -0.2) is 15.0 Å². The normalized spacial score (nSPS) is 10.3. The van der Waals surface area contributed by atoms with E-state index in [4.69, 9.17) is 0 Å². The first-order valence-corrected chi connectivity index (χ1v) is 5.76. The van der Waals surface area contributed by atoms with Gasteiger partial charge in [0.15, 0.2) is 0 Å². The van der Waals surface area contributed by atoms with Crippen LogP contribution in [-0.4, -0.2) is 20.9 Å². The van der Waals surface area contributed by atoms with Crippen molar-refractivity contribution in [1.29, 1.82) is 0 Å². The topological polar surface area (TPSA) is 67.8 Å². The fraction of sp³-hybridized carbons (Fsp3) is 0. The van der Waals surface area contributed by atoms with Gasteiger partial charge < -0.3 is 5.32 Å². The first-order valence-electron chi connectivity index (χ1n) is 5.76. The monoisotopic (exact) mass is 250 g/mol. The van der Waals surface area contributed by atoms with E-state index in [0.717, 1.165) is 10.8 Å². The molecule has 19 heavy (non-hydrogen) atoms. The second-order valence-corrected chi connectivity index (χ2v) is 3.93. The summed E-state index contributed by atoms with van der Waals surface area (Å²) in [6.07, 6.45) is 4.53. The Kier molecular flexibility index (Phi) is 2.86. The molecule has 1 N–H and O–H groups in total. The molecule has 0 saturated heterocycles. The van der Waals surface area contributed by atoms with Gasteiger partial charge in [-0.1, -0.05) is 24.3 Å². The van der Waals surface area contributed by atoms with Crippen LogP contribution in [-0.2, 0) is 0 Å². The Labute approximate surface area is 109 Å². The zero-order chi connectivity index (χ0) is 13.1. The number of carbonyl (C=O) groups is 1. The highest BCUT2D eigenvalue weighted by molar-refractivity contribution is 6.06. The van der Waals surface area contributed by atoms with Gasteiger partial charge in [0.25, 0.3) is 5.91 Å². The Morgan fingerprint density at radius 3 is 2.74 bits per heavy atom. The van der Waals surface area contributed by atoms with E-state index < -0.39 is 0 Å². The predicted octanol–water partition coefficient (Wildman–Crippen LogP) is 2.28. The molecule has 1 aromatic carbocycles. The maximum absolute atomic E-state index is 12.0. The van der Waals surface area contributed by atoms with Crippen LogP contribution in [0.3, 0.4) is 0 Å². The standard InChI is InChI=1S/C14H10N4O/c19-14(12-6-7-15-9-17-12)18-13-11-4-2-1-3-10(11)5-8-16-13/h1-9H,(H,16,18,19). The molecule has 0 aliphatic carbocycles. The van der Waals surface area contributed by atoms with E-state index in [2.05, 4.69) is 20.3 Å². The van der Waals surface area contributed by atoms with Crippen molar-refractivity contribution in [2.75, 3.05) is 5.32 Å². The van der Waals surface area contributed by atoms with Gasteiger partial charge in [0.2, 0.25) is 0 Å². The first kappa shape index (κ1) is 11.3. The number of fused-ring (bicyclic) bond motifs is 1. The molecule has 0 saturated carbocycles. The van der Waals surface area contributed by atoms with Crippen molar-refractivity contribution in [3.8, 4) is 0 Å². The van der Waals surface area contributed by atoms with Gasteiger partial charge in [-0.05, 0) is 17.5 Å². The fourth-order valence-electron chi connectivity index (χ4n) is 1.82. The van der Waals surface area contributed by atoms with Crippen LogP contribution in [0.4, 0.5) is 5.82 Å². The van der Waals surface area contributed by atoms with Crippen molar-refractivity contribution in [3.05, 3.63) is 60.8 Å². The molecule has 0 fully saturated rings. The van der Waals surface area contributed by atoms with E-state index in [9.17, 15) is 4.79 Å². The van der Waals surface area contributed by atoms with Crippen molar-refractivity contribution in [3.63, 3.8) is 0 Å².